The highest BCUT2D eigenvalue weighted by molar-refractivity contribution is 7.80. The quantitative estimate of drug-likeness (QED) is 0.794. The second kappa shape index (κ2) is 5.69. The molecule has 1 heterocycles. The van der Waals surface area contributed by atoms with Crippen LogP contribution in [0, 0.1) is 11.7 Å². The number of rotatable bonds is 3. The Labute approximate surface area is 102 Å². The van der Waals surface area contributed by atoms with E-state index in [9.17, 15) is 4.39 Å². The Morgan fingerprint density at radius 2 is 2.19 bits per heavy atom. The Morgan fingerprint density at radius 1 is 1.38 bits per heavy atom. The van der Waals surface area contributed by atoms with E-state index >= 15 is 0 Å². The summed E-state index contributed by atoms with van der Waals surface area (Å²) in [7, 11) is 0. The van der Waals surface area contributed by atoms with Gasteiger partial charge in [-0.3, -0.25) is 4.90 Å². The van der Waals surface area contributed by atoms with Gasteiger partial charge in [-0.1, -0.05) is 18.2 Å². The number of halogens is 1. The van der Waals surface area contributed by atoms with Gasteiger partial charge in [0.2, 0.25) is 0 Å². The van der Waals surface area contributed by atoms with Gasteiger partial charge in [-0.2, -0.15) is 12.6 Å². The Kier molecular flexibility index (Phi) is 4.24. The molecular formula is C13H18FNS. The minimum Gasteiger partial charge on any atom is -0.299 e. The molecule has 0 bridgehead atoms. The van der Waals surface area contributed by atoms with E-state index in [2.05, 4.69) is 17.5 Å². The molecule has 1 atom stereocenters. The van der Waals surface area contributed by atoms with Crippen LogP contribution in [0.3, 0.4) is 0 Å². The zero-order valence-electron chi connectivity index (χ0n) is 9.40. The topological polar surface area (TPSA) is 3.24 Å². The highest BCUT2D eigenvalue weighted by atomic mass is 32.1. The summed E-state index contributed by atoms with van der Waals surface area (Å²) in [6.07, 6.45) is 2.47. The van der Waals surface area contributed by atoms with Gasteiger partial charge in [-0.15, -0.1) is 0 Å². The number of benzene rings is 1. The number of nitrogens with zero attached hydrogens (tertiary/aromatic N) is 1. The second-order valence-electron chi connectivity index (χ2n) is 4.52. The fourth-order valence-electron chi connectivity index (χ4n) is 2.31. The summed E-state index contributed by atoms with van der Waals surface area (Å²) in [4.78, 5) is 2.34. The molecule has 0 amide bonds. The maximum absolute atomic E-state index is 13.5. The Hall–Kier alpha value is -0.540. The van der Waals surface area contributed by atoms with Gasteiger partial charge in [0, 0.05) is 18.7 Å². The van der Waals surface area contributed by atoms with Crippen molar-refractivity contribution >= 4 is 12.6 Å². The van der Waals surface area contributed by atoms with Crippen molar-refractivity contribution in [2.24, 2.45) is 5.92 Å². The van der Waals surface area contributed by atoms with Gasteiger partial charge < -0.3 is 0 Å². The van der Waals surface area contributed by atoms with Gasteiger partial charge >= 0.3 is 0 Å². The lowest BCUT2D eigenvalue weighted by atomic mass is 9.99. The molecule has 0 radical (unpaired) electrons. The van der Waals surface area contributed by atoms with Crippen molar-refractivity contribution in [2.75, 3.05) is 18.8 Å². The average Bonchev–Trinajstić information content (AvgIpc) is 2.32. The lowest BCUT2D eigenvalue weighted by Crippen LogP contribution is -2.35. The van der Waals surface area contributed by atoms with Crippen molar-refractivity contribution in [3.05, 3.63) is 35.6 Å². The summed E-state index contributed by atoms with van der Waals surface area (Å²) in [5.41, 5.74) is 0.808. The maximum Gasteiger partial charge on any atom is 0.127 e. The van der Waals surface area contributed by atoms with Gasteiger partial charge in [0.15, 0.2) is 0 Å². The van der Waals surface area contributed by atoms with Crippen molar-refractivity contribution in [1.82, 2.24) is 4.90 Å². The van der Waals surface area contributed by atoms with Gasteiger partial charge in [-0.25, -0.2) is 4.39 Å². The summed E-state index contributed by atoms with van der Waals surface area (Å²) in [5.74, 6) is 1.52. The van der Waals surface area contributed by atoms with Crippen molar-refractivity contribution in [1.29, 1.82) is 0 Å². The predicted molar refractivity (Wildman–Crippen MR) is 68.3 cm³/mol. The van der Waals surface area contributed by atoms with E-state index < -0.39 is 0 Å². The first kappa shape index (κ1) is 11.9. The van der Waals surface area contributed by atoms with Crippen molar-refractivity contribution in [3.8, 4) is 0 Å². The molecule has 0 saturated carbocycles. The maximum atomic E-state index is 13.5. The number of hydrogen-bond donors (Lipinski definition) is 1. The molecule has 1 fully saturated rings. The van der Waals surface area contributed by atoms with Crippen molar-refractivity contribution < 1.29 is 4.39 Å². The molecule has 0 N–H and O–H groups in total. The standard InChI is InChI=1S/C13H18FNS/c14-13-6-2-1-5-12(13)9-15-7-3-4-11(8-15)10-16/h1-2,5-6,11,16H,3-4,7-10H2/t11-/m1/s1. The predicted octanol–water partition coefficient (Wildman–Crippen LogP) is 2.97. The third kappa shape index (κ3) is 2.98. The van der Waals surface area contributed by atoms with Gasteiger partial charge in [0.05, 0.1) is 0 Å². The molecular weight excluding hydrogens is 221 g/mol. The fraction of sp³-hybridized carbons (Fsp3) is 0.538. The normalized spacial score (nSPS) is 22.2. The Balaban J connectivity index is 1.97. The lowest BCUT2D eigenvalue weighted by molar-refractivity contribution is 0.177. The van der Waals surface area contributed by atoms with E-state index in [0.29, 0.717) is 5.92 Å². The van der Waals surface area contributed by atoms with Crippen LogP contribution in [0.1, 0.15) is 18.4 Å². The summed E-state index contributed by atoms with van der Waals surface area (Å²) < 4.78 is 13.5. The summed E-state index contributed by atoms with van der Waals surface area (Å²) in [5, 5.41) is 0. The molecule has 16 heavy (non-hydrogen) atoms. The molecule has 3 heteroatoms. The van der Waals surface area contributed by atoms with Crippen LogP contribution in [-0.4, -0.2) is 23.7 Å². The number of thiol groups is 1. The number of likely N-dealkylation sites (tertiary alicyclic amines) is 1. The van der Waals surface area contributed by atoms with Crippen LogP contribution in [0.2, 0.25) is 0 Å². The smallest absolute Gasteiger partial charge is 0.127 e. The minimum atomic E-state index is -0.0875. The summed E-state index contributed by atoms with van der Waals surface area (Å²) >= 11 is 4.35. The molecule has 1 saturated heterocycles. The highest BCUT2D eigenvalue weighted by Crippen LogP contribution is 2.20. The van der Waals surface area contributed by atoms with E-state index in [-0.39, 0.29) is 5.82 Å². The second-order valence-corrected chi connectivity index (χ2v) is 4.88. The van der Waals surface area contributed by atoms with E-state index in [1.807, 2.05) is 12.1 Å². The van der Waals surface area contributed by atoms with Crippen LogP contribution in [0.4, 0.5) is 4.39 Å². The van der Waals surface area contributed by atoms with Crippen LogP contribution in [-0.2, 0) is 6.54 Å². The van der Waals surface area contributed by atoms with Crippen LogP contribution < -0.4 is 0 Å². The fourth-order valence-corrected chi connectivity index (χ4v) is 2.61. The third-order valence-corrected chi connectivity index (χ3v) is 3.73. The van der Waals surface area contributed by atoms with Gasteiger partial charge in [-0.05, 0) is 37.1 Å². The van der Waals surface area contributed by atoms with E-state index in [4.69, 9.17) is 0 Å². The van der Waals surface area contributed by atoms with Crippen LogP contribution >= 0.6 is 12.6 Å². The van der Waals surface area contributed by atoms with Crippen LogP contribution in [0.15, 0.2) is 24.3 Å². The molecule has 0 aliphatic carbocycles. The molecule has 1 nitrogen and oxygen atoms in total. The third-order valence-electron chi connectivity index (χ3n) is 3.21. The van der Waals surface area contributed by atoms with E-state index in [1.165, 1.54) is 18.9 Å². The minimum absolute atomic E-state index is 0.0875. The molecule has 0 aromatic heterocycles. The number of hydrogen-bond acceptors (Lipinski definition) is 2. The monoisotopic (exact) mass is 239 g/mol. The van der Waals surface area contributed by atoms with E-state index in [1.54, 1.807) is 6.07 Å². The molecule has 2 rings (SSSR count). The molecule has 88 valence electrons. The molecule has 0 spiro atoms. The van der Waals surface area contributed by atoms with E-state index in [0.717, 1.165) is 31.0 Å². The summed E-state index contributed by atoms with van der Waals surface area (Å²) in [6, 6.07) is 7.05. The highest BCUT2D eigenvalue weighted by Gasteiger charge is 2.19. The Bertz CT molecular complexity index is 342. The van der Waals surface area contributed by atoms with Crippen LogP contribution in [0.5, 0.6) is 0 Å². The van der Waals surface area contributed by atoms with Crippen LogP contribution in [0.25, 0.3) is 0 Å². The lowest BCUT2D eigenvalue weighted by Gasteiger charge is -2.32. The van der Waals surface area contributed by atoms with Crippen molar-refractivity contribution in [2.45, 2.75) is 19.4 Å². The van der Waals surface area contributed by atoms with Gasteiger partial charge in [0.25, 0.3) is 0 Å². The molecule has 0 unspecified atom stereocenters. The SMILES string of the molecule is Fc1ccccc1CN1CCC[C@@H](CS)C1. The first-order valence-electron chi connectivity index (χ1n) is 5.86. The van der Waals surface area contributed by atoms with Gasteiger partial charge in [0.1, 0.15) is 5.82 Å². The number of piperidine rings is 1. The zero-order valence-corrected chi connectivity index (χ0v) is 10.3. The Morgan fingerprint density at radius 3 is 2.94 bits per heavy atom. The molecule has 1 aromatic carbocycles. The van der Waals surface area contributed by atoms with Crippen molar-refractivity contribution in [3.63, 3.8) is 0 Å². The average molecular weight is 239 g/mol. The zero-order chi connectivity index (χ0) is 11.4. The largest absolute Gasteiger partial charge is 0.299 e. The molecule has 1 aromatic rings. The first-order valence-corrected chi connectivity index (χ1v) is 6.49. The molecule has 1 aliphatic rings. The molecule has 1 aliphatic heterocycles. The summed E-state index contributed by atoms with van der Waals surface area (Å²) in [6.45, 7) is 2.87. The first-order chi connectivity index (χ1) is 7.79.